The predicted octanol–water partition coefficient (Wildman–Crippen LogP) is 5.94. The molecule has 3 fully saturated rings. The number of hydrogen-bond acceptors (Lipinski definition) is 7. The molecule has 2 bridgehead atoms. The number of likely N-dealkylation sites (tertiary alicyclic amines) is 1. The van der Waals surface area contributed by atoms with Gasteiger partial charge in [0.1, 0.15) is 41.5 Å². The summed E-state index contributed by atoms with van der Waals surface area (Å²) in [5.41, 5.74) is -1.87. The van der Waals surface area contributed by atoms with E-state index in [9.17, 15) is 9.50 Å². The lowest BCUT2D eigenvalue weighted by molar-refractivity contribution is -0.0154. The van der Waals surface area contributed by atoms with E-state index in [1.54, 1.807) is 0 Å². The first-order valence-corrected chi connectivity index (χ1v) is 15.7. The first kappa shape index (κ1) is 30.5. The summed E-state index contributed by atoms with van der Waals surface area (Å²) in [6.07, 6.45) is 6.85. The summed E-state index contributed by atoms with van der Waals surface area (Å²) < 4.78 is 69.2. The van der Waals surface area contributed by atoms with E-state index < -0.39 is 34.6 Å². The molecule has 0 aliphatic carbocycles. The highest BCUT2D eigenvalue weighted by atomic mass is 19.1. The molecule has 4 atom stereocenters. The van der Waals surface area contributed by atoms with E-state index >= 15 is 13.2 Å². The van der Waals surface area contributed by atoms with Gasteiger partial charge in [-0.25, -0.2) is 17.6 Å². The molecule has 1 aromatic heterocycles. The molecule has 0 amide bonds. The van der Waals surface area contributed by atoms with Crippen LogP contribution in [0, 0.1) is 35.2 Å². The van der Waals surface area contributed by atoms with Gasteiger partial charge in [-0.15, -0.1) is 6.42 Å². The van der Waals surface area contributed by atoms with Crippen molar-refractivity contribution in [3.8, 4) is 35.2 Å². The van der Waals surface area contributed by atoms with Crippen LogP contribution in [0.3, 0.4) is 0 Å². The molecule has 4 aromatic rings. The van der Waals surface area contributed by atoms with Gasteiger partial charge in [-0.3, -0.25) is 0 Å². The van der Waals surface area contributed by atoms with E-state index in [0.717, 1.165) is 31.5 Å². The maximum atomic E-state index is 16.8. The summed E-state index contributed by atoms with van der Waals surface area (Å²) in [6.45, 7) is 6.86. The van der Waals surface area contributed by atoms with Crippen LogP contribution < -0.4 is 15.0 Å². The smallest absolute Gasteiger partial charge is 0.319 e. The third-order valence-corrected chi connectivity index (χ3v) is 9.84. The molecule has 46 heavy (non-hydrogen) atoms. The fourth-order valence-corrected chi connectivity index (χ4v) is 7.41. The van der Waals surface area contributed by atoms with E-state index in [0.29, 0.717) is 43.8 Å². The minimum atomic E-state index is -1.11. The maximum absolute atomic E-state index is 16.8. The Kier molecular flexibility index (Phi) is 7.68. The van der Waals surface area contributed by atoms with Gasteiger partial charge in [-0.2, -0.15) is 9.97 Å². The average Bonchev–Trinajstić information content (AvgIpc) is 3.38. The number of halogens is 4. The molecule has 0 spiro atoms. The van der Waals surface area contributed by atoms with E-state index in [4.69, 9.17) is 11.2 Å². The van der Waals surface area contributed by atoms with E-state index in [1.807, 2.05) is 18.7 Å². The van der Waals surface area contributed by atoms with Crippen LogP contribution in [0.1, 0.15) is 38.7 Å². The Morgan fingerprint density at radius 2 is 1.85 bits per heavy atom. The number of terminal acetylenes is 1. The zero-order chi connectivity index (χ0) is 32.3. The highest BCUT2D eigenvalue weighted by molar-refractivity contribution is 6.04. The Bertz CT molecular complexity index is 1890. The Balaban J connectivity index is 1.40. The molecular weight excluding hydrogens is 598 g/mol. The van der Waals surface area contributed by atoms with Crippen molar-refractivity contribution in [3.05, 3.63) is 53.3 Å². The number of phenols is 1. The average molecular weight is 634 g/mol. The molecule has 240 valence electrons. The van der Waals surface area contributed by atoms with Gasteiger partial charge < -0.3 is 25.0 Å². The first-order chi connectivity index (χ1) is 22.1. The number of nitrogens with one attached hydrogen (secondary N) is 1. The molecule has 0 radical (unpaired) electrons. The van der Waals surface area contributed by atoms with Gasteiger partial charge in [0, 0.05) is 60.0 Å². The Hall–Kier alpha value is -4.14. The summed E-state index contributed by atoms with van der Waals surface area (Å²) in [7, 11) is 0. The highest BCUT2D eigenvalue weighted by Gasteiger charge is 2.41. The molecule has 7 rings (SSSR count). The second-order valence-corrected chi connectivity index (χ2v) is 13.0. The van der Waals surface area contributed by atoms with Gasteiger partial charge in [0.2, 0.25) is 0 Å². The second kappa shape index (κ2) is 11.6. The fourth-order valence-electron chi connectivity index (χ4n) is 7.41. The van der Waals surface area contributed by atoms with Crippen molar-refractivity contribution < 1.29 is 27.4 Å². The lowest BCUT2D eigenvalue weighted by Gasteiger charge is -2.42. The highest BCUT2D eigenvalue weighted by Crippen LogP contribution is 2.42. The summed E-state index contributed by atoms with van der Waals surface area (Å²) in [6, 6.07) is 6.46. The van der Waals surface area contributed by atoms with E-state index in [2.05, 4.69) is 26.1 Å². The normalized spacial score (nSPS) is 24.9. The fraction of sp³-hybridized carbons (Fsp3) is 0.429. The van der Waals surface area contributed by atoms with Crippen LogP contribution in [0.5, 0.6) is 11.8 Å². The number of aromatic hydroxyl groups is 1. The van der Waals surface area contributed by atoms with Gasteiger partial charge >= 0.3 is 6.01 Å². The molecule has 0 saturated carbocycles. The van der Waals surface area contributed by atoms with Crippen molar-refractivity contribution in [2.45, 2.75) is 51.4 Å². The van der Waals surface area contributed by atoms with Crippen LogP contribution in [0.15, 0.2) is 30.3 Å². The number of benzene rings is 3. The number of piperazine rings is 1. The lowest BCUT2D eigenvalue weighted by atomic mass is 9.81. The number of piperidine rings is 1. The van der Waals surface area contributed by atoms with Crippen LogP contribution >= 0.6 is 0 Å². The largest absolute Gasteiger partial charge is 0.508 e. The number of rotatable bonds is 6. The molecule has 7 nitrogen and oxygen atoms in total. The number of aromatic nitrogens is 2. The van der Waals surface area contributed by atoms with Crippen LogP contribution in [0.4, 0.5) is 23.4 Å². The zero-order valence-corrected chi connectivity index (χ0v) is 25.7. The third-order valence-electron chi connectivity index (χ3n) is 9.84. The van der Waals surface area contributed by atoms with Crippen molar-refractivity contribution in [1.82, 2.24) is 20.2 Å². The van der Waals surface area contributed by atoms with Crippen molar-refractivity contribution in [2.75, 3.05) is 44.2 Å². The SMILES string of the molecule is C#Cc1c(F)ccc2cc(O)cc(-c3c(F)cc4c(N5C[C@H]6CC[C@@H](C5)N6)nc(OC[C@@]5(C)CN(CC)CC[C@H]5F)nc4c3F)c12. The maximum Gasteiger partial charge on any atom is 0.319 e. The summed E-state index contributed by atoms with van der Waals surface area (Å²) in [4.78, 5) is 13.2. The Labute approximate surface area is 264 Å². The monoisotopic (exact) mass is 633 g/mol. The standard InChI is InChI=1S/C35H35F4N5O2/c1-4-23-26(36)9-6-19-12-22(45)13-24(29(19)23)30-27(37)14-25-32(31(30)39)41-34(42-33(25)44-15-20-7-8-21(16-44)40-20)46-18-35(3)17-43(5-2)11-10-28(35)38/h1,6,9,12-14,20-21,28,40,45H,5,7-8,10-11,15-18H2,2-3H3/t20-,21+,28-,35-/m1/s1. The number of anilines is 1. The third kappa shape index (κ3) is 5.17. The first-order valence-electron chi connectivity index (χ1n) is 15.7. The Morgan fingerprint density at radius 3 is 2.57 bits per heavy atom. The zero-order valence-electron chi connectivity index (χ0n) is 25.7. The quantitative estimate of drug-likeness (QED) is 0.201. The van der Waals surface area contributed by atoms with Crippen molar-refractivity contribution in [3.63, 3.8) is 0 Å². The Morgan fingerprint density at radius 1 is 1.09 bits per heavy atom. The molecular formula is C35H35F4N5O2. The molecule has 0 unspecified atom stereocenters. The van der Waals surface area contributed by atoms with Crippen LogP contribution in [-0.4, -0.2) is 77.6 Å². The summed E-state index contributed by atoms with van der Waals surface area (Å²) in [5, 5.41) is 14.6. The van der Waals surface area contributed by atoms with Gasteiger partial charge in [-0.1, -0.05) is 25.8 Å². The molecule has 3 saturated heterocycles. The second-order valence-electron chi connectivity index (χ2n) is 13.0. The van der Waals surface area contributed by atoms with Crippen LogP contribution in [-0.2, 0) is 0 Å². The summed E-state index contributed by atoms with van der Waals surface area (Å²) in [5.74, 6) is -0.389. The number of hydrogen-bond donors (Lipinski definition) is 2. The molecule has 3 aromatic carbocycles. The van der Waals surface area contributed by atoms with Gasteiger partial charge in [-0.05, 0) is 55.5 Å². The molecule has 3 aliphatic heterocycles. The van der Waals surface area contributed by atoms with Gasteiger partial charge in [0.25, 0.3) is 0 Å². The number of ether oxygens (including phenoxy) is 1. The predicted molar refractivity (Wildman–Crippen MR) is 169 cm³/mol. The minimum Gasteiger partial charge on any atom is -0.508 e. The van der Waals surface area contributed by atoms with Crippen LogP contribution in [0.2, 0.25) is 0 Å². The van der Waals surface area contributed by atoms with E-state index in [1.165, 1.54) is 18.2 Å². The molecule has 3 aliphatic rings. The van der Waals surface area contributed by atoms with Crippen molar-refractivity contribution >= 4 is 27.5 Å². The number of alkyl halides is 1. The van der Waals surface area contributed by atoms with Crippen molar-refractivity contribution in [1.29, 1.82) is 0 Å². The molecule has 4 heterocycles. The van der Waals surface area contributed by atoms with E-state index in [-0.39, 0.29) is 57.9 Å². The summed E-state index contributed by atoms with van der Waals surface area (Å²) >= 11 is 0. The number of fused-ring (bicyclic) bond motifs is 4. The molecule has 2 N–H and O–H groups in total. The lowest BCUT2D eigenvalue weighted by Crippen LogP contribution is -2.51. The number of nitrogens with zero attached hydrogens (tertiary/aromatic N) is 4. The van der Waals surface area contributed by atoms with Gasteiger partial charge in [0.05, 0.1) is 11.1 Å². The van der Waals surface area contributed by atoms with Gasteiger partial charge in [0.15, 0.2) is 5.82 Å². The van der Waals surface area contributed by atoms with Crippen LogP contribution in [0.25, 0.3) is 32.8 Å². The van der Waals surface area contributed by atoms with Crippen molar-refractivity contribution in [2.24, 2.45) is 5.41 Å². The topological polar surface area (TPSA) is 73.8 Å². The molecule has 11 heteroatoms. The minimum absolute atomic E-state index is 0.0416. The number of phenolic OH excluding ortho intramolecular Hbond substituents is 1.